The molecule has 0 aliphatic carbocycles. The maximum absolute atomic E-state index is 10.8. The van der Waals surface area contributed by atoms with Gasteiger partial charge in [0, 0.05) is 6.20 Å². The van der Waals surface area contributed by atoms with Crippen LogP contribution in [0.1, 0.15) is 11.8 Å². The number of aromatic nitrogens is 1. The van der Waals surface area contributed by atoms with Crippen molar-refractivity contribution in [3.05, 3.63) is 30.1 Å². The van der Waals surface area contributed by atoms with E-state index in [-0.39, 0.29) is 6.61 Å². The molecule has 0 saturated heterocycles. The van der Waals surface area contributed by atoms with Crippen molar-refractivity contribution in [3.8, 4) is 12.3 Å². The lowest BCUT2D eigenvalue weighted by Crippen LogP contribution is -2.16. The molecule has 1 aromatic rings. The molecule has 0 radical (unpaired) electrons. The van der Waals surface area contributed by atoms with Gasteiger partial charge in [0.15, 0.2) is 6.10 Å². The number of aliphatic carboxylic acids is 1. The van der Waals surface area contributed by atoms with E-state index >= 15 is 0 Å². The molecule has 14 heavy (non-hydrogen) atoms. The molecule has 4 heteroatoms. The summed E-state index contributed by atoms with van der Waals surface area (Å²) in [7, 11) is 0. The van der Waals surface area contributed by atoms with Gasteiger partial charge < -0.3 is 9.84 Å². The minimum atomic E-state index is -1.10. The fraction of sp³-hybridized carbons (Fsp3) is 0.200. The zero-order valence-electron chi connectivity index (χ0n) is 7.38. The van der Waals surface area contributed by atoms with Gasteiger partial charge in [0.2, 0.25) is 0 Å². The number of carboxylic acids is 1. The van der Waals surface area contributed by atoms with Crippen LogP contribution in [-0.4, -0.2) is 22.7 Å². The first kappa shape index (κ1) is 10.2. The van der Waals surface area contributed by atoms with Crippen LogP contribution in [0.3, 0.4) is 0 Å². The summed E-state index contributed by atoms with van der Waals surface area (Å²) in [6.45, 7) is -0.0481. The van der Waals surface area contributed by atoms with Gasteiger partial charge in [-0.15, -0.1) is 6.42 Å². The molecule has 0 bridgehead atoms. The van der Waals surface area contributed by atoms with Gasteiger partial charge in [0.05, 0.1) is 5.69 Å². The molecule has 1 unspecified atom stereocenters. The zero-order valence-corrected chi connectivity index (χ0v) is 7.38. The monoisotopic (exact) mass is 191 g/mol. The topological polar surface area (TPSA) is 59.4 Å². The molecule has 0 amide bonds. The summed E-state index contributed by atoms with van der Waals surface area (Å²) in [5.41, 5.74) is 0.343. The summed E-state index contributed by atoms with van der Waals surface area (Å²) in [5.74, 6) is 1.11. The van der Waals surface area contributed by atoms with Gasteiger partial charge in [-0.3, -0.25) is 4.98 Å². The van der Waals surface area contributed by atoms with E-state index < -0.39 is 12.1 Å². The number of nitrogens with zero attached hydrogens (tertiary/aromatic N) is 1. The average Bonchev–Trinajstić information content (AvgIpc) is 2.19. The fourth-order valence-electron chi connectivity index (χ4n) is 0.946. The van der Waals surface area contributed by atoms with E-state index in [4.69, 9.17) is 16.3 Å². The first-order valence-corrected chi connectivity index (χ1v) is 3.94. The number of hydrogen-bond acceptors (Lipinski definition) is 3. The lowest BCUT2D eigenvalue weighted by atomic mass is 10.2. The number of rotatable bonds is 4. The van der Waals surface area contributed by atoms with Crippen LogP contribution < -0.4 is 0 Å². The first-order valence-electron chi connectivity index (χ1n) is 3.94. The van der Waals surface area contributed by atoms with Crippen molar-refractivity contribution in [2.45, 2.75) is 6.10 Å². The lowest BCUT2D eigenvalue weighted by Gasteiger charge is -2.10. The fourth-order valence-corrected chi connectivity index (χ4v) is 0.946. The minimum Gasteiger partial charge on any atom is -0.479 e. The smallest absolute Gasteiger partial charge is 0.339 e. The number of carboxylic acid groups (broad SMARTS) is 1. The summed E-state index contributed by atoms with van der Waals surface area (Å²) in [5, 5.41) is 8.82. The van der Waals surface area contributed by atoms with Crippen molar-refractivity contribution < 1.29 is 14.6 Å². The molecule has 0 aromatic carbocycles. The van der Waals surface area contributed by atoms with Crippen molar-refractivity contribution in [1.82, 2.24) is 4.98 Å². The van der Waals surface area contributed by atoms with Crippen LogP contribution in [-0.2, 0) is 9.53 Å². The largest absolute Gasteiger partial charge is 0.479 e. The maximum Gasteiger partial charge on any atom is 0.339 e. The van der Waals surface area contributed by atoms with Crippen LogP contribution >= 0.6 is 0 Å². The second kappa shape index (κ2) is 5.00. The highest BCUT2D eigenvalue weighted by Crippen LogP contribution is 2.14. The zero-order chi connectivity index (χ0) is 10.4. The Morgan fingerprint density at radius 1 is 1.71 bits per heavy atom. The van der Waals surface area contributed by atoms with Gasteiger partial charge in [-0.25, -0.2) is 4.79 Å². The van der Waals surface area contributed by atoms with Crippen LogP contribution in [0.2, 0.25) is 0 Å². The van der Waals surface area contributed by atoms with Crippen LogP contribution in [0.25, 0.3) is 0 Å². The van der Waals surface area contributed by atoms with Crippen molar-refractivity contribution in [3.63, 3.8) is 0 Å². The van der Waals surface area contributed by atoms with E-state index in [2.05, 4.69) is 10.9 Å². The third-order valence-corrected chi connectivity index (χ3v) is 1.51. The highest BCUT2D eigenvalue weighted by Gasteiger charge is 2.20. The summed E-state index contributed by atoms with van der Waals surface area (Å²) in [6, 6.07) is 4.97. The predicted octanol–water partition coefficient (Wildman–Crippen LogP) is 0.857. The van der Waals surface area contributed by atoms with E-state index in [1.54, 1.807) is 18.2 Å². The number of carbonyl (C=O) groups is 1. The van der Waals surface area contributed by atoms with E-state index in [1.165, 1.54) is 6.20 Å². The Bertz CT molecular complexity index is 342. The molecule has 1 rings (SSSR count). The van der Waals surface area contributed by atoms with Crippen LogP contribution in [0.4, 0.5) is 0 Å². The van der Waals surface area contributed by atoms with Crippen LogP contribution in [0, 0.1) is 12.3 Å². The SMILES string of the molecule is C#CCOC(C(=O)O)c1ccccn1. The van der Waals surface area contributed by atoms with Crippen LogP contribution in [0.5, 0.6) is 0 Å². The van der Waals surface area contributed by atoms with Crippen molar-refractivity contribution in [2.75, 3.05) is 6.61 Å². The Morgan fingerprint density at radius 3 is 3.00 bits per heavy atom. The second-order valence-corrected chi connectivity index (χ2v) is 2.49. The number of ether oxygens (including phenoxy) is 1. The number of hydrogen-bond donors (Lipinski definition) is 1. The lowest BCUT2D eigenvalue weighted by molar-refractivity contribution is -0.150. The third-order valence-electron chi connectivity index (χ3n) is 1.51. The van der Waals surface area contributed by atoms with Crippen molar-refractivity contribution in [2.24, 2.45) is 0 Å². The van der Waals surface area contributed by atoms with Gasteiger partial charge in [-0.2, -0.15) is 0 Å². The Labute approximate surface area is 81.5 Å². The molecule has 1 N–H and O–H groups in total. The van der Waals surface area contributed by atoms with Gasteiger partial charge in [-0.05, 0) is 12.1 Å². The molecule has 1 heterocycles. The Morgan fingerprint density at radius 2 is 2.50 bits per heavy atom. The van der Waals surface area contributed by atoms with Crippen LogP contribution in [0.15, 0.2) is 24.4 Å². The Kier molecular flexibility index (Phi) is 3.65. The van der Waals surface area contributed by atoms with E-state index in [0.29, 0.717) is 5.69 Å². The Hall–Kier alpha value is -1.86. The molecule has 0 fully saturated rings. The summed E-state index contributed by atoms with van der Waals surface area (Å²) in [6.07, 6.45) is 5.38. The first-order chi connectivity index (χ1) is 6.75. The predicted molar refractivity (Wildman–Crippen MR) is 49.4 cm³/mol. The number of pyridine rings is 1. The van der Waals surface area contributed by atoms with Gasteiger partial charge in [0.25, 0.3) is 0 Å². The molecule has 4 nitrogen and oxygen atoms in total. The summed E-state index contributed by atoms with van der Waals surface area (Å²) in [4.78, 5) is 14.7. The van der Waals surface area contributed by atoms with E-state index in [9.17, 15) is 4.79 Å². The quantitative estimate of drug-likeness (QED) is 0.717. The van der Waals surface area contributed by atoms with Gasteiger partial charge in [0.1, 0.15) is 6.61 Å². The molecule has 0 aliphatic heterocycles. The standard InChI is InChI=1S/C10H9NO3/c1-2-7-14-9(10(12)13)8-5-3-4-6-11-8/h1,3-6,9H,7H2,(H,12,13). The van der Waals surface area contributed by atoms with Crippen molar-refractivity contribution in [1.29, 1.82) is 0 Å². The molecule has 1 atom stereocenters. The molecule has 0 aliphatic rings. The van der Waals surface area contributed by atoms with Crippen molar-refractivity contribution >= 4 is 5.97 Å². The second-order valence-electron chi connectivity index (χ2n) is 2.49. The van der Waals surface area contributed by atoms with Gasteiger partial charge >= 0.3 is 5.97 Å². The molecular formula is C10H9NO3. The average molecular weight is 191 g/mol. The third kappa shape index (κ3) is 2.57. The molecule has 72 valence electrons. The Balaban J connectivity index is 2.79. The van der Waals surface area contributed by atoms with Gasteiger partial charge in [-0.1, -0.05) is 12.0 Å². The molecule has 1 aromatic heterocycles. The minimum absolute atomic E-state index is 0.0481. The number of terminal acetylenes is 1. The van der Waals surface area contributed by atoms with E-state index in [1.807, 2.05) is 0 Å². The molecular weight excluding hydrogens is 182 g/mol. The summed E-state index contributed by atoms with van der Waals surface area (Å²) >= 11 is 0. The highest BCUT2D eigenvalue weighted by molar-refractivity contribution is 5.73. The molecule has 0 saturated carbocycles. The summed E-state index contributed by atoms with van der Waals surface area (Å²) < 4.78 is 4.94. The van der Waals surface area contributed by atoms with E-state index in [0.717, 1.165) is 0 Å². The highest BCUT2D eigenvalue weighted by atomic mass is 16.5. The molecule has 0 spiro atoms. The normalized spacial score (nSPS) is 11.6. The maximum atomic E-state index is 10.8.